The number of Topliss-reactive ketones (excluding diaryl/α,β-unsaturated/α-hetero) is 1. The van der Waals surface area contributed by atoms with Gasteiger partial charge in [-0.2, -0.15) is 0 Å². The zero-order chi connectivity index (χ0) is 13.5. The van der Waals surface area contributed by atoms with Crippen molar-refractivity contribution >= 4 is 15.6 Å². The second kappa shape index (κ2) is 4.50. The minimum absolute atomic E-state index is 0.0624. The van der Waals surface area contributed by atoms with Crippen molar-refractivity contribution in [1.29, 1.82) is 0 Å². The number of rotatable bonds is 2. The molecule has 0 heterocycles. The highest BCUT2D eigenvalue weighted by Crippen LogP contribution is 2.32. The van der Waals surface area contributed by atoms with Crippen LogP contribution in [0.2, 0.25) is 0 Å². The highest BCUT2D eigenvalue weighted by molar-refractivity contribution is 7.92. The molecule has 98 valence electrons. The molecule has 0 aromatic heterocycles. The third kappa shape index (κ3) is 2.09. The average molecular weight is 266 g/mol. The largest absolute Gasteiger partial charge is 0.299 e. The van der Waals surface area contributed by atoms with Gasteiger partial charge in [-0.1, -0.05) is 13.0 Å². The van der Waals surface area contributed by atoms with Crippen LogP contribution >= 0.6 is 0 Å². The Bertz CT molecular complexity index is 587. The molecule has 3 nitrogen and oxygen atoms in total. The van der Waals surface area contributed by atoms with E-state index in [9.17, 15) is 13.2 Å². The lowest BCUT2D eigenvalue weighted by atomic mass is 10.1. The van der Waals surface area contributed by atoms with Gasteiger partial charge >= 0.3 is 0 Å². The molecule has 2 rings (SSSR count). The van der Waals surface area contributed by atoms with Crippen LogP contribution in [0.1, 0.15) is 30.9 Å². The quantitative estimate of drug-likeness (QED) is 0.826. The van der Waals surface area contributed by atoms with Gasteiger partial charge < -0.3 is 0 Å². The normalized spacial score (nSPS) is 24.5. The summed E-state index contributed by atoms with van der Waals surface area (Å²) in [7, 11) is -3.38. The topological polar surface area (TPSA) is 51.2 Å². The fourth-order valence-electron chi connectivity index (χ4n) is 2.46. The number of ketones is 1. The molecule has 1 aliphatic carbocycles. The van der Waals surface area contributed by atoms with Crippen LogP contribution in [-0.4, -0.2) is 19.5 Å². The minimum Gasteiger partial charge on any atom is -0.299 e. The van der Waals surface area contributed by atoms with Crippen molar-refractivity contribution in [1.82, 2.24) is 0 Å². The van der Waals surface area contributed by atoms with Gasteiger partial charge in [-0.25, -0.2) is 8.42 Å². The molecular weight excluding hydrogens is 248 g/mol. The van der Waals surface area contributed by atoms with Crippen molar-refractivity contribution < 1.29 is 13.2 Å². The number of hydrogen-bond acceptors (Lipinski definition) is 3. The van der Waals surface area contributed by atoms with Gasteiger partial charge in [0.15, 0.2) is 9.84 Å². The second-order valence-corrected chi connectivity index (χ2v) is 7.29. The standard InChI is InChI=1S/C14H18O3S/c1-9-4-5-12(8-10(9)2)18(16,17)14-7-6-13(15)11(14)3/h4-5,8,11,14H,6-7H2,1-3H3. The van der Waals surface area contributed by atoms with Crippen LogP contribution in [0.4, 0.5) is 0 Å². The van der Waals surface area contributed by atoms with E-state index in [0.29, 0.717) is 17.7 Å². The van der Waals surface area contributed by atoms with Crippen molar-refractivity contribution in [3.8, 4) is 0 Å². The van der Waals surface area contributed by atoms with Crippen LogP contribution in [0.5, 0.6) is 0 Å². The number of benzene rings is 1. The van der Waals surface area contributed by atoms with Gasteiger partial charge in [-0.3, -0.25) is 4.79 Å². The number of hydrogen-bond donors (Lipinski definition) is 0. The molecule has 2 unspecified atom stereocenters. The van der Waals surface area contributed by atoms with Crippen molar-refractivity contribution in [2.45, 2.75) is 43.8 Å². The van der Waals surface area contributed by atoms with E-state index < -0.39 is 15.1 Å². The van der Waals surface area contributed by atoms with E-state index in [-0.39, 0.29) is 11.7 Å². The van der Waals surface area contributed by atoms with Gasteiger partial charge in [0.05, 0.1) is 10.1 Å². The number of carbonyl (C=O) groups excluding carboxylic acids is 1. The fourth-order valence-corrected chi connectivity index (χ4v) is 4.52. The lowest BCUT2D eigenvalue weighted by molar-refractivity contribution is -0.120. The third-order valence-electron chi connectivity index (χ3n) is 3.95. The summed E-state index contributed by atoms with van der Waals surface area (Å²) in [5.41, 5.74) is 2.04. The molecule has 18 heavy (non-hydrogen) atoms. The first-order valence-electron chi connectivity index (χ1n) is 6.18. The lowest BCUT2D eigenvalue weighted by Gasteiger charge is -2.16. The zero-order valence-corrected chi connectivity index (χ0v) is 11.8. The predicted octanol–water partition coefficient (Wildman–Crippen LogP) is 2.44. The number of carbonyl (C=O) groups is 1. The van der Waals surface area contributed by atoms with Crippen molar-refractivity contribution in [3.63, 3.8) is 0 Å². The summed E-state index contributed by atoms with van der Waals surface area (Å²) in [4.78, 5) is 11.9. The molecule has 1 saturated carbocycles. The van der Waals surface area contributed by atoms with Crippen LogP contribution in [0.3, 0.4) is 0 Å². The summed E-state index contributed by atoms with van der Waals surface area (Å²) in [5.74, 6) is -0.316. The molecule has 1 fully saturated rings. The summed E-state index contributed by atoms with van der Waals surface area (Å²) in [6.45, 7) is 5.57. The Morgan fingerprint density at radius 3 is 2.33 bits per heavy atom. The third-order valence-corrected chi connectivity index (χ3v) is 6.30. The first-order valence-corrected chi connectivity index (χ1v) is 7.72. The monoisotopic (exact) mass is 266 g/mol. The molecule has 0 saturated heterocycles. The average Bonchev–Trinajstić information content (AvgIpc) is 2.64. The summed E-state index contributed by atoms with van der Waals surface area (Å²) in [5, 5.41) is -0.549. The molecule has 2 atom stereocenters. The Kier molecular flexibility index (Phi) is 3.32. The molecule has 0 N–H and O–H groups in total. The summed E-state index contributed by atoms with van der Waals surface area (Å²) in [6, 6.07) is 5.18. The molecule has 0 spiro atoms. The molecule has 0 amide bonds. The maximum absolute atomic E-state index is 12.5. The Morgan fingerprint density at radius 1 is 1.17 bits per heavy atom. The van der Waals surface area contributed by atoms with Crippen LogP contribution < -0.4 is 0 Å². The van der Waals surface area contributed by atoms with E-state index >= 15 is 0 Å². The zero-order valence-electron chi connectivity index (χ0n) is 10.9. The maximum atomic E-state index is 12.5. The molecule has 1 aromatic rings. The lowest BCUT2D eigenvalue weighted by Crippen LogP contribution is -2.26. The molecule has 4 heteroatoms. The molecule has 1 aliphatic rings. The summed E-state index contributed by atoms with van der Waals surface area (Å²) >= 11 is 0. The first kappa shape index (κ1) is 13.3. The van der Waals surface area contributed by atoms with E-state index in [0.717, 1.165) is 11.1 Å². The summed E-state index contributed by atoms with van der Waals surface area (Å²) in [6.07, 6.45) is 0.838. The first-order chi connectivity index (χ1) is 8.34. The molecule has 0 radical (unpaired) electrons. The summed E-state index contributed by atoms with van der Waals surface area (Å²) < 4.78 is 25.0. The van der Waals surface area contributed by atoms with Crippen molar-refractivity contribution in [3.05, 3.63) is 29.3 Å². The highest BCUT2D eigenvalue weighted by atomic mass is 32.2. The molecular formula is C14H18O3S. The SMILES string of the molecule is Cc1ccc(S(=O)(=O)C2CCC(=O)C2C)cc1C. The van der Waals surface area contributed by atoms with E-state index in [1.54, 1.807) is 19.1 Å². The van der Waals surface area contributed by atoms with Crippen LogP contribution in [0.25, 0.3) is 0 Å². The molecule has 0 aliphatic heterocycles. The minimum atomic E-state index is -3.38. The molecule has 1 aromatic carbocycles. The Morgan fingerprint density at radius 2 is 1.83 bits per heavy atom. The van der Waals surface area contributed by atoms with E-state index in [1.165, 1.54) is 0 Å². The molecule has 0 bridgehead atoms. The van der Waals surface area contributed by atoms with E-state index in [1.807, 2.05) is 19.9 Å². The fraction of sp³-hybridized carbons (Fsp3) is 0.500. The van der Waals surface area contributed by atoms with Gasteiger partial charge in [-0.05, 0) is 43.5 Å². The van der Waals surface area contributed by atoms with Gasteiger partial charge in [0.2, 0.25) is 0 Å². The predicted molar refractivity (Wildman–Crippen MR) is 70.3 cm³/mol. The second-order valence-electron chi connectivity index (χ2n) is 5.12. The van der Waals surface area contributed by atoms with Crippen LogP contribution in [0, 0.1) is 19.8 Å². The Balaban J connectivity index is 2.42. The smallest absolute Gasteiger partial charge is 0.181 e. The Labute approximate surface area is 108 Å². The maximum Gasteiger partial charge on any atom is 0.181 e. The van der Waals surface area contributed by atoms with Crippen molar-refractivity contribution in [2.75, 3.05) is 0 Å². The highest BCUT2D eigenvalue weighted by Gasteiger charge is 2.40. The van der Waals surface area contributed by atoms with Gasteiger partial charge in [-0.15, -0.1) is 0 Å². The van der Waals surface area contributed by atoms with Gasteiger partial charge in [0, 0.05) is 12.3 Å². The van der Waals surface area contributed by atoms with Crippen LogP contribution in [-0.2, 0) is 14.6 Å². The van der Waals surface area contributed by atoms with Crippen LogP contribution in [0.15, 0.2) is 23.1 Å². The number of sulfone groups is 1. The van der Waals surface area contributed by atoms with Gasteiger partial charge in [0.25, 0.3) is 0 Å². The Hall–Kier alpha value is -1.16. The van der Waals surface area contributed by atoms with Crippen molar-refractivity contribution in [2.24, 2.45) is 5.92 Å². The number of aryl methyl sites for hydroxylation is 2. The van der Waals surface area contributed by atoms with Gasteiger partial charge in [0.1, 0.15) is 5.78 Å². The van der Waals surface area contributed by atoms with E-state index in [4.69, 9.17) is 0 Å². The van der Waals surface area contributed by atoms with E-state index in [2.05, 4.69) is 0 Å².